The number of aliphatic hydroxyl groups is 1. The molecule has 3 N–H and O–H groups in total. The number of hydrogen-bond donors (Lipinski definition) is 3. The van der Waals surface area contributed by atoms with Crippen LogP contribution in [0.15, 0.2) is 36.0 Å². The van der Waals surface area contributed by atoms with E-state index in [1.807, 2.05) is 6.08 Å². The van der Waals surface area contributed by atoms with Crippen molar-refractivity contribution >= 4 is 0 Å². The molecule has 0 aromatic carbocycles. The molecule has 1 fully saturated rings. The number of nitrogens with one attached hydrogen (secondary N) is 2. The molecule has 24 heavy (non-hydrogen) atoms. The Bertz CT molecular complexity index is 609. The van der Waals surface area contributed by atoms with Crippen molar-refractivity contribution in [2.75, 3.05) is 14.1 Å². The summed E-state index contributed by atoms with van der Waals surface area (Å²) in [6.45, 7) is 4.88. The highest BCUT2D eigenvalue weighted by Gasteiger charge is 2.58. The first-order valence-corrected chi connectivity index (χ1v) is 9.55. The number of fused-ring (bicyclic) bond motifs is 5. The zero-order chi connectivity index (χ0) is 17.1. The van der Waals surface area contributed by atoms with Crippen LogP contribution in [0.2, 0.25) is 0 Å². The molecule has 3 unspecified atom stereocenters. The quantitative estimate of drug-likeness (QED) is 0.683. The summed E-state index contributed by atoms with van der Waals surface area (Å²) in [5.74, 6) is 1.88. The first-order chi connectivity index (χ1) is 11.4. The van der Waals surface area contributed by atoms with Crippen LogP contribution < -0.4 is 10.6 Å². The lowest BCUT2D eigenvalue weighted by atomic mass is 9.47. The first kappa shape index (κ1) is 16.6. The van der Waals surface area contributed by atoms with E-state index < -0.39 is 0 Å². The summed E-state index contributed by atoms with van der Waals surface area (Å²) < 4.78 is 0. The van der Waals surface area contributed by atoms with Gasteiger partial charge in [0.1, 0.15) is 0 Å². The fourth-order valence-corrected chi connectivity index (χ4v) is 6.42. The molecule has 0 heterocycles. The van der Waals surface area contributed by atoms with Gasteiger partial charge in [-0.15, -0.1) is 0 Å². The maximum Gasteiger partial charge on any atom is 0.0758 e. The SMILES string of the molecule is CNC1C=C2CC(O)C=C[C@]2(C)[C@@H]2CC[C@]3(C)C(NC)C=C[C@H]3[C@H]12. The molecule has 132 valence electrons. The Morgan fingerprint density at radius 1 is 1.12 bits per heavy atom. The molecule has 0 bridgehead atoms. The van der Waals surface area contributed by atoms with Crippen LogP contribution in [-0.4, -0.2) is 37.4 Å². The second kappa shape index (κ2) is 5.55. The minimum absolute atomic E-state index is 0.115. The number of rotatable bonds is 2. The highest BCUT2D eigenvalue weighted by Crippen LogP contribution is 2.62. The van der Waals surface area contributed by atoms with Gasteiger partial charge in [-0.2, -0.15) is 0 Å². The van der Waals surface area contributed by atoms with E-state index in [2.05, 4.69) is 62.9 Å². The predicted molar refractivity (Wildman–Crippen MR) is 98.6 cm³/mol. The van der Waals surface area contributed by atoms with Crippen LogP contribution in [-0.2, 0) is 0 Å². The Hall–Kier alpha value is -0.900. The standard InChI is InChI=1S/C21H32N2O/c1-20-9-7-14(24)11-13(20)12-17(22-3)19-15-5-6-18(23-4)21(15,2)10-8-16(19)20/h5-7,9,12,14-19,22-24H,8,10-11H2,1-4H3/t14?,15-,16+,17?,18?,19-,20-,21-/m0/s1. The fourth-order valence-electron chi connectivity index (χ4n) is 6.42. The summed E-state index contributed by atoms with van der Waals surface area (Å²) in [6.07, 6.45) is 14.7. The molecule has 3 heteroatoms. The minimum atomic E-state index is -0.313. The van der Waals surface area contributed by atoms with Gasteiger partial charge in [-0.05, 0) is 56.5 Å². The summed E-state index contributed by atoms with van der Waals surface area (Å²) in [4.78, 5) is 0. The summed E-state index contributed by atoms with van der Waals surface area (Å²) in [5.41, 5.74) is 1.88. The van der Waals surface area contributed by atoms with Crippen LogP contribution in [0.25, 0.3) is 0 Å². The molecule has 0 aromatic rings. The average Bonchev–Trinajstić information content (AvgIpc) is 2.91. The third kappa shape index (κ3) is 2.07. The van der Waals surface area contributed by atoms with Crippen molar-refractivity contribution < 1.29 is 5.11 Å². The molecular formula is C21H32N2O. The van der Waals surface area contributed by atoms with Crippen LogP contribution in [0, 0.1) is 28.6 Å². The molecule has 4 aliphatic carbocycles. The molecule has 0 amide bonds. The number of aliphatic hydroxyl groups excluding tert-OH is 1. The zero-order valence-corrected chi connectivity index (χ0v) is 15.4. The van der Waals surface area contributed by atoms with Crippen molar-refractivity contribution in [3.8, 4) is 0 Å². The number of likely N-dealkylation sites (N-methyl/N-ethyl adjacent to an activating group) is 2. The molecule has 3 nitrogen and oxygen atoms in total. The van der Waals surface area contributed by atoms with Gasteiger partial charge in [-0.1, -0.05) is 49.8 Å². The molecule has 0 saturated heterocycles. The van der Waals surface area contributed by atoms with E-state index in [9.17, 15) is 5.11 Å². The van der Waals surface area contributed by atoms with Crippen molar-refractivity contribution in [2.24, 2.45) is 28.6 Å². The topological polar surface area (TPSA) is 44.3 Å². The van der Waals surface area contributed by atoms with E-state index in [0.717, 1.165) is 6.42 Å². The molecule has 1 saturated carbocycles. The maximum absolute atomic E-state index is 10.1. The van der Waals surface area contributed by atoms with Gasteiger partial charge in [0.15, 0.2) is 0 Å². The van der Waals surface area contributed by atoms with Gasteiger partial charge in [0.25, 0.3) is 0 Å². The average molecular weight is 328 g/mol. The largest absolute Gasteiger partial charge is 0.389 e. The van der Waals surface area contributed by atoms with E-state index in [4.69, 9.17) is 0 Å². The van der Waals surface area contributed by atoms with E-state index in [-0.39, 0.29) is 11.5 Å². The van der Waals surface area contributed by atoms with Crippen LogP contribution in [0.3, 0.4) is 0 Å². The predicted octanol–water partition coefficient (Wildman–Crippen LogP) is 2.65. The lowest BCUT2D eigenvalue weighted by molar-refractivity contribution is -0.0152. The Morgan fingerprint density at radius 3 is 2.62 bits per heavy atom. The van der Waals surface area contributed by atoms with E-state index in [0.29, 0.717) is 35.3 Å². The van der Waals surface area contributed by atoms with Gasteiger partial charge in [0, 0.05) is 17.5 Å². The van der Waals surface area contributed by atoms with Gasteiger partial charge in [0.2, 0.25) is 0 Å². The third-order valence-corrected chi connectivity index (χ3v) is 7.85. The van der Waals surface area contributed by atoms with Crippen molar-refractivity contribution in [1.82, 2.24) is 10.6 Å². The minimum Gasteiger partial charge on any atom is -0.389 e. The molecular weight excluding hydrogens is 296 g/mol. The smallest absolute Gasteiger partial charge is 0.0758 e. The van der Waals surface area contributed by atoms with Gasteiger partial charge >= 0.3 is 0 Å². The maximum atomic E-state index is 10.1. The highest BCUT2D eigenvalue weighted by atomic mass is 16.3. The zero-order valence-electron chi connectivity index (χ0n) is 15.4. The van der Waals surface area contributed by atoms with Crippen molar-refractivity contribution in [1.29, 1.82) is 0 Å². The van der Waals surface area contributed by atoms with E-state index in [1.54, 1.807) is 0 Å². The Labute approximate surface area is 146 Å². The Balaban J connectivity index is 1.77. The van der Waals surface area contributed by atoms with Crippen LogP contribution in [0.4, 0.5) is 0 Å². The van der Waals surface area contributed by atoms with E-state index in [1.165, 1.54) is 18.4 Å². The van der Waals surface area contributed by atoms with Crippen LogP contribution in [0.1, 0.15) is 33.1 Å². The molecule has 8 atom stereocenters. The monoisotopic (exact) mass is 328 g/mol. The van der Waals surface area contributed by atoms with Gasteiger partial charge in [-0.3, -0.25) is 0 Å². The number of allylic oxidation sites excluding steroid dienone is 2. The lowest BCUT2D eigenvalue weighted by Crippen LogP contribution is -2.58. The van der Waals surface area contributed by atoms with Gasteiger partial charge < -0.3 is 15.7 Å². The first-order valence-electron chi connectivity index (χ1n) is 9.55. The summed E-state index contributed by atoms with van der Waals surface area (Å²) >= 11 is 0. The molecule has 0 spiro atoms. The summed E-state index contributed by atoms with van der Waals surface area (Å²) in [6, 6.07) is 0.893. The van der Waals surface area contributed by atoms with Crippen LogP contribution >= 0.6 is 0 Å². The van der Waals surface area contributed by atoms with Crippen molar-refractivity contribution in [3.05, 3.63) is 36.0 Å². The van der Waals surface area contributed by atoms with E-state index >= 15 is 0 Å². The summed E-state index contributed by atoms with van der Waals surface area (Å²) in [5, 5.41) is 17.2. The fraction of sp³-hybridized carbons (Fsp3) is 0.714. The van der Waals surface area contributed by atoms with Gasteiger partial charge in [-0.25, -0.2) is 0 Å². The normalized spacial score (nSPS) is 52.5. The molecule has 0 radical (unpaired) electrons. The lowest BCUT2D eigenvalue weighted by Gasteiger charge is -2.58. The highest BCUT2D eigenvalue weighted by molar-refractivity contribution is 5.36. The molecule has 4 aliphatic rings. The van der Waals surface area contributed by atoms with Crippen molar-refractivity contribution in [2.45, 2.75) is 51.3 Å². The molecule has 0 aliphatic heterocycles. The molecule has 0 aromatic heterocycles. The third-order valence-electron chi connectivity index (χ3n) is 7.85. The van der Waals surface area contributed by atoms with Gasteiger partial charge in [0.05, 0.1) is 6.10 Å². The number of hydrogen-bond acceptors (Lipinski definition) is 3. The summed E-state index contributed by atoms with van der Waals surface area (Å²) in [7, 11) is 4.19. The second-order valence-corrected chi connectivity index (χ2v) is 8.83. The Kier molecular flexibility index (Phi) is 3.83. The van der Waals surface area contributed by atoms with Crippen LogP contribution in [0.5, 0.6) is 0 Å². The molecule has 4 rings (SSSR count). The Morgan fingerprint density at radius 2 is 1.92 bits per heavy atom. The van der Waals surface area contributed by atoms with Crippen molar-refractivity contribution in [3.63, 3.8) is 0 Å². The second-order valence-electron chi connectivity index (χ2n) is 8.83.